The Balaban J connectivity index is 1.84. The number of benzene rings is 2. The minimum atomic E-state index is -0.260. The van der Waals surface area contributed by atoms with Crippen molar-refractivity contribution in [2.24, 2.45) is 0 Å². The average Bonchev–Trinajstić information content (AvgIpc) is 2.64. The molecule has 1 aromatic heterocycles. The van der Waals surface area contributed by atoms with Crippen LogP contribution < -0.4 is 10.1 Å². The Labute approximate surface area is 146 Å². The summed E-state index contributed by atoms with van der Waals surface area (Å²) in [6, 6.07) is 17.0. The molecule has 0 radical (unpaired) electrons. The molecule has 0 bridgehead atoms. The zero-order chi connectivity index (χ0) is 17.6. The highest BCUT2D eigenvalue weighted by Crippen LogP contribution is 2.24. The third kappa shape index (κ3) is 3.83. The van der Waals surface area contributed by atoms with Crippen LogP contribution in [0.2, 0.25) is 0 Å². The molecule has 3 aromatic rings. The second-order valence-corrected chi connectivity index (χ2v) is 5.44. The smallest absolute Gasteiger partial charge is 0.259 e. The van der Waals surface area contributed by atoms with Gasteiger partial charge in [-0.2, -0.15) is 0 Å². The number of hydrogen-bond donors (Lipinski definition) is 1. The average molecular weight is 333 g/mol. The van der Waals surface area contributed by atoms with Gasteiger partial charge in [0.1, 0.15) is 5.75 Å². The number of amides is 1. The maximum atomic E-state index is 12.6. The highest BCUT2D eigenvalue weighted by Gasteiger charge is 2.14. The van der Waals surface area contributed by atoms with E-state index in [1.807, 2.05) is 55.5 Å². The van der Waals surface area contributed by atoms with E-state index in [9.17, 15) is 4.79 Å². The number of ether oxygens (including phenoxy) is 1. The third-order valence-corrected chi connectivity index (χ3v) is 3.69. The first-order valence-corrected chi connectivity index (χ1v) is 8.11. The molecule has 0 aliphatic heterocycles. The highest BCUT2D eigenvalue weighted by atomic mass is 16.5. The van der Waals surface area contributed by atoms with E-state index in [1.165, 1.54) is 0 Å². The van der Waals surface area contributed by atoms with Gasteiger partial charge in [0.2, 0.25) is 0 Å². The van der Waals surface area contributed by atoms with E-state index >= 15 is 0 Å². The maximum absolute atomic E-state index is 12.6. The van der Waals surface area contributed by atoms with E-state index < -0.39 is 0 Å². The Bertz CT molecular complexity index is 879. The van der Waals surface area contributed by atoms with Crippen LogP contribution >= 0.6 is 0 Å². The number of para-hydroxylation sites is 2. The van der Waals surface area contributed by atoms with E-state index in [1.54, 1.807) is 19.2 Å². The molecule has 0 aliphatic carbocycles. The first-order chi connectivity index (χ1) is 12.2. The number of nitrogens with zero attached hydrogens (tertiary/aromatic N) is 2. The Kier molecular flexibility index (Phi) is 5.04. The van der Waals surface area contributed by atoms with Gasteiger partial charge in [-0.1, -0.05) is 42.5 Å². The summed E-state index contributed by atoms with van der Waals surface area (Å²) in [6.45, 7) is 4.23. The van der Waals surface area contributed by atoms with Gasteiger partial charge in [0.25, 0.3) is 5.91 Å². The molecule has 0 fully saturated rings. The van der Waals surface area contributed by atoms with Gasteiger partial charge in [0.05, 0.1) is 23.6 Å². The predicted octanol–water partition coefficient (Wildman–Crippen LogP) is 4.10. The van der Waals surface area contributed by atoms with Crippen LogP contribution in [0.1, 0.15) is 23.0 Å². The summed E-state index contributed by atoms with van der Waals surface area (Å²) in [6.07, 6.45) is 1.56. The number of aromatic nitrogens is 2. The lowest BCUT2D eigenvalue weighted by Gasteiger charge is -2.12. The minimum absolute atomic E-state index is 0.260. The number of aryl methyl sites for hydroxylation is 1. The molecule has 5 nitrogen and oxygen atoms in total. The van der Waals surface area contributed by atoms with E-state index in [2.05, 4.69) is 15.3 Å². The summed E-state index contributed by atoms with van der Waals surface area (Å²) < 4.78 is 5.53. The SMILES string of the molecule is CCOc1ccccc1NC(=O)c1cnc(-c2ccccc2)nc1C. The normalized spacial score (nSPS) is 10.3. The van der Waals surface area contributed by atoms with Crippen molar-refractivity contribution in [1.29, 1.82) is 0 Å². The first kappa shape index (κ1) is 16.6. The summed E-state index contributed by atoms with van der Waals surface area (Å²) >= 11 is 0. The molecular weight excluding hydrogens is 314 g/mol. The van der Waals surface area contributed by atoms with Crippen molar-refractivity contribution < 1.29 is 9.53 Å². The number of rotatable bonds is 5. The van der Waals surface area contributed by atoms with Crippen molar-refractivity contribution >= 4 is 11.6 Å². The molecule has 1 amide bonds. The van der Waals surface area contributed by atoms with Crippen molar-refractivity contribution in [2.75, 3.05) is 11.9 Å². The third-order valence-electron chi connectivity index (χ3n) is 3.69. The van der Waals surface area contributed by atoms with Crippen molar-refractivity contribution in [3.8, 4) is 17.1 Å². The number of carbonyl (C=O) groups is 1. The predicted molar refractivity (Wildman–Crippen MR) is 97.8 cm³/mol. The van der Waals surface area contributed by atoms with Crippen LogP contribution in [0.4, 0.5) is 5.69 Å². The minimum Gasteiger partial charge on any atom is -0.492 e. The second kappa shape index (κ2) is 7.57. The fourth-order valence-corrected chi connectivity index (χ4v) is 2.46. The quantitative estimate of drug-likeness (QED) is 0.763. The van der Waals surface area contributed by atoms with Crippen molar-refractivity contribution in [3.05, 3.63) is 72.1 Å². The molecule has 3 rings (SSSR count). The van der Waals surface area contributed by atoms with Gasteiger partial charge in [-0.05, 0) is 26.0 Å². The summed E-state index contributed by atoms with van der Waals surface area (Å²) in [5.41, 5.74) is 2.60. The molecule has 25 heavy (non-hydrogen) atoms. The molecular formula is C20H19N3O2. The van der Waals surface area contributed by atoms with Crippen LogP contribution in [0.15, 0.2) is 60.8 Å². The highest BCUT2D eigenvalue weighted by molar-refractivity contribution is 6.05. The van der Waals surface area contributed by atoms with Gasteiger partial charge in [-0.15, -0.1) is 0 Å². The molecule has 1 N–H and O–H groups in total. The number of carbonyl (C=O) groups excluding carboxylic acids is 1. The lowest BCUT2D eigenvalue weighted by molar-refractivity contribution is 0.102. The zero-order valence-electron chi connectivity index (χ0n) is 14.2. The Morgan fingerprint density at radius 2 is 1.80 bits per heavy atom. The van der Waals surface area contributed by atoms with Crippen LogP contribution in [-0.2, 0) is 0 Å². The van der Waals surface area contributed by atoms with E-state index in [0.717, 1.165) is 5.56 Å². The lowest BCUT2D eigenvalue weighted by atomic mass is 10.1. The van der Waals surface area contributed by atoms with Crippen LogP contribution in [0.5, 0.6) is 5.75 Å². The fourth-order valence-electron chi connectivity index (χ4n) is 2.46. The Hall–Kier alpha value is -3.21. The topological polar surface area (TPSA) is 64.1 Å². The lowest BCUT2D eigenvalue weighted by Crippen LogP contribution is -2.15. The molecule has 5 heteroatoms. The van der Waals surface area contributed by atoms with Gasteiger partial charge in [-0.3, -0.25) is 4.79 Å². The molecule has 0 spiro atoms. The Morgan fingerprint density at radius 1 is 1.08 bits per heavy atom. The van der Waals surface area contributed by atoms with Gasteiger partial charge >= 0.3 is 0 Å². The number of hydrogen-bond acceptors (Lipinski definition) is 4. The number of nitrogens with one attached hydrogen (secondary N) is 1. The van der Waals surface area contributed by atoms with Gasteiger partial charge < -0.3 is 10.1 Å². The van der Waals surface area contributed by atoms with Gasteiger partial charge in [0.15, 0.2) is 5.82 Å². The fraction of sp³-hybridized carbons (Fsp3) is 0.150. The van der Waals surface area contributed by atoms with Crippen molar-refractivity contribution in [3.63, 3.8) is 0 Å². The molecule has 0 unspecified atom stereocenters. The van der Waals surface area contributed by atoms with Crippen LogP contribution in [0.25, 0.3) is 11.4 Å². The van der Waals surface area contributed by atoms with Crippen molar-refractivity contribution in [2.45, 2.75) is 13.8 Å². The molecule has 2 aromatic carbocycles. The molecule has 1 heterocycles. The molecule has 0 aliphatic rings. The van der Waals surface area contributed by atoms with E-state index in [-0.39, 0.29) is 5.91 Å². The molecule has 0 saturated carbocycles. The van der Waals surface area contributed by atoms with Crippen molar-refractivity contribution in [1.82, 2.24) is 9.97 Å². The summed E-state index contributed by atoms with van der Waals surface area (Å²) in [7, 11) is 0. The molecule has 0 saturated heterocycles. The zero-order valence-corrected chi connectivity index (χ0v) is 14.2. The van der Waals surface area contributed by atoms with E-state index in [0.29, 0.717) is 35.1 Å². The monoisotopic (exact) mass is 333 g/mol. The maximum Gasteiger partial charge on any atom is 0.259 e. The van der Waals surface area contributed by atoms with Crippen LogP contribution in [-0.4, -0.2) is 22.5 Å². The second-order valence-electron chi connectivity index (χ2n) is 5.44. The molecule has 0 atom stereocenters. The number of anilines is 1. The summed E-state index contributed by atoms with van der Waals surface area (Å²) in [4.78, 5) is 21.4. The van der Waals surface area contributed by atoms with Crippen LogP contribution in [0.3, 0.4) is 0 Å². The summed E-state index contributed by atoms with van der Waals surface area (Å²) in [5.74, 6) is 0.978. The first-order valence-electron chi connectivity index (χ1n) is 8.11. The standard InChI is InChI=1S/C20H19N3O2/c1-3-25-18-12-8-7-11-17(18)23-20(24)16-13-21-19(22-14(16)2)15-9-5-4-6-10-15/h4-13H,3H2,1-2H3,(H,23,24). The van der Waals surface area contributed by atoms with E-state index in [4.69, 9.17) is 4.74 Å². The van der Waals surface area contributed by atoms with Gasteiger partial charge in [-0.25, -0.2) is 9.97 Å². The van der Waals surface area contributed by atoms with Crippen LogP contribution in [0, 0.1) is 6.92 Å². The summed E-state index contributed by atoms with van der Waals surface area (Å²) in [5, 5.41) is 2.87. The molecule has 126 valence electrons. The Morgan fingerprint density at radius 3 is 2.52 bits per heavy atom. The largest absolute Gasteiger partial charge is 0.492 e. The van der Waals surface area contributed by atoms with Gasteiger partial charge in [0, 0.05) is 11.8 Å².